The second-order valence-electron chi connectivity index (χ2n) is 6.38. The molecule has 1 aliphatic heterocycles. The Balaban J connectivity index is 0.00000338. The third-order valence-corrected chi connectivity index (χ3v) is 3.94. The maximum absolute atomic E-state index is 12.5. The second kappa shape index (κ2) is 11.0. The van der Waals surface area contributed by atoms with Crippen molar-refractivity contribution < 1.29 is 13.2 Å². The van der Waals surface area contributed by atoms with Crippen LogP contribution in [0.5, 0.6) is 0 Å². The average Bonchev–Trinajstić information content (AvgIpc) is 3.11. The molecule has 1 aromatic heterocycles. The molecule has 2 N–H and O–H groups in total. The van der Waals surface area contributed by atoms with Gasteiger partial charge in [0.1, 0.15) is 0 Å². The molecule has 0 aromatic carbocycles. The van der Waals surface area contributed by atoms with Crippen LogP contribution in [-0.2, 0) is 6.54 Å². The Morgan fingerprint density at radius 3 is 2.81 bits per heavy atom. The van der Waals surface area contributed by atoms with Crippen LogP contribution in [0.2, 0.25) is 0 Å². The predicted octanol–water partition coefficient (Wildman–Crippen LogP) is 2.39. The lowest BCUT2D eigenvalue weighted by atomic mass is 10.3. The maximum Gasteiger partial charge on any atom is 0.401 e. The normalized spacial score (nSPS) is 18.7. The van der Waals surface area contributed by atoms with Gasteiger partial charge in [0.15, 0.2) is 5.96 Å². The third-order valence-electron chi connectivity index (χ3n) is 3.94. The number of likely N-dealkylation sites (tertiary alicyclic amines) is 1. The second-order valence-corrected chi connectivity index (χ2v) is 6.38. The molecule has 150 valence electrons. The quantitative estimate of drug-likeness (QED) is 0.268. The largest absolute Gasteiger partial charge is 0.401 e. The summed E-state index contributed by atoms with van der Waals surface area (Å²) in [6.07, 6.45) is 1.20. The van der Waals surface area contributed by atoms with E-state index in [2.05, 4.69) is 20.7 Å². The number of aliphatic imine (C=N–C) groups is 1. The first-order valence-corrected chi connectivity index (χ1v) is 8.68. The number of alkyl halides is 3. The molecule has 0 saturated carbocycles. The summed E-state index contributed by atoms with van der Waals surface area (Å²) in [5.41, 5.74) is 1.13. The van der Waals surface area contributed by atoms with Crippen LogP contribution in [0, 0.1) is 6.92 Å². The number of guanidine groups is 1. The van der Waals surface area contributed by atoms with E-state index in [1.165, 1.54) is 4.90 Å². The van der Waals surface area contributed by atoms with Crippen LogP contribution >= 0.6 is 24.0 Å². The summed E-state index contributed by atoms with van der Waals surface area (Å²) in [7, 11) is 0. The van der Waals surface area contributed by atoms with Gasteiger partial charge in [-0.3, -0.25) is 14.6 Å². The SMILES string of the molecule is CCNC(=NCCCn1cc(C)cn1)NC1CCN(CC(F)(F)F)C1.I. The molecular weight excluding hydrogens is 460 g/mol. The van der Waals surface area contributed by atoms with Gasteiger partial charge >= 0.3 is 6.18 Å². The summed E-state index contributed by atoms with van der Waals surface area (Å²) >= 11 is 0. The minimum atomic E-state index is -4.14. The van der Waals surface area contributed by atoms with E-state index < -0.39 is 12.7 Å². The highest BCUT2D eigenvalue weighted by molar-refractivity contribution is 14.0. The van der Waals surface area contributed by atoms with E-state index in [1.54, 1.807) is 0 Å². The van der Waals surface area contributed by atoms with E-state index in [0.717, 1.165) is 18.5 Å². The summed E-state index contributed by atoms with van der Waals surface area (Å²) < 4.78 is 39.3. The fraction of sp³-hybridized carbons (Fsp3) is 0.750. The van der Waals surface area contributed by atoms with Gasteiger partial charge in [0.25, 0.3) is 0 Å². The van der Waals surface area contributed by atoms with E-state index in [-0.39, 0.29) is 30.0 Å². The highest BCUT2D eigenvalue weighted by Crippen LogP contribution is 2.19. The summed E-state index contributed by atoms with van der Waals surface area (Å²) in [6.45, 7) is 6.09. The van der Waals surface area contributed by atoms with Crippen molar-refractivity contribution in [1.29, 1.82) is 0 Å². The summed E-state index contributed by atoms with van der Waals surface area (Å²) in [4.78, 5) is 5.94. The van der Waals surface area contributed by atoms with Gasteiger partial charge in [-0.25, -0.2) is 0 Å². The van der Waals surface area contributed by atoms with Crippen molar-refractivity contribution in [2.45, 2.75) is 45.5 Å². The summed E-state index contributed by atoms with van der Waals surface area (Å²) in [5, 5.41) is 10.6. The van der Waals surface area contributed by atoms with Crippen LogP contribution in [0.25, 0.3) is 0 Å². The van der Waals surface area contributed by atoms with Gasteiger partial charge in [0.05, 0.1) is 12.7 Å². The topological polar surface area (TPSA) is 57.5 Å². The van der Waals surface area contributed by atoms with Crippen molar-refractivity contribution in [3.8, 4) is 0 Å². The van der Waals surface area contributed by atoms with Gasteiger partial charge in [0, 0.05) is 45.0 Å². The molecule has 6 nitrogen and oxygen atoms in total. The van der Waals surface area contributed by atoms with Crippen LogP contribution in [-0.4, -0.2) is 65.6 Å². The minimum Gasteiger partial charge on any atom is -0.357 e. The fourth-order valence-electron chi connectivity index (χ4n) is 2.87. The summed E-state index contributed by atoms with van der Waals surface area (Å²) in [6, 6.07) is -0.00563. The third kappa shape index (κ3) is 8.56. The average molecular weight is 488 g/mol. The first-order valence-electron chi connectivity index (χ1n) is 8.68. The fourth-order valence-corrected chi connectivity index (χ4v) is 2.87. The first-order chi connectivity index (χ1) is 11.9. The Bertz CT molecular complexity index is 560. The number of aromatic nitrogens is 2. The molecule has 10 heteroatoms. The Kier molecular flexibility index (Phi) is 9.69. The number of aryl methyl sites for hydroxylation is 2. The molecule has 1 aliphatic rings. The van der Waals surface area contributed by atoms with Crippen molar-refractivity contribution in [2.75, 3.05) is 32.7 Å². The zero-order valence-corrected chi connectivity index (χ0v) is 17.6. The first kappa shape index (κ1) is 23.0. The number of nitrogens with one attached hydrogen (secondary N) is 2. The minimum absolute atomic E-state index is 0. The maximum atomic E-state index is 12.5. The van der Waals surface area contributed by atoms with Crippen molar-refractivity contribution in [3.05, 3.63) is 18.0 Å². The lowest BCUT2D eigenvalue weighted by molar-refractivity contribution is -0.143. The molecule has 1 atom stereocenters. The number of rotatable bonds is 7. The lowest BCUT2D eigenvalue weighted by Gasteiger charge is -2.19. The van der Waals surface area contributed by atoms with E-state index in [1.807, 2.05) is 30.9 Å². The summed E-state index contributed by atoms with van der Waals surface area (Å²) in [5.74, 6) is 0.665. The van der Waals surface area contributed by atoms with Gasteiger partial charge in [-0.15, -0.1) is 24.0 Å². The van der Waals surface area contributed by atoms with Crippen molar-refractivity contribution in [3.63, 3.8) is 0 Å². The number of nitrogens with zero attached hydrogens (tertiary/aromatic N) is 4. The molecule has 0 amide bonds. The molecule has 1 unspecified atom stereocenters. The van der Waals surface area contributed by atoms with Gasteiger partial charge < -0.3 is 10.6 Å². The standard InChI is InChI=1S/C16H27F3N6.HI/c1-3-20-15(21-6-4-7-25-10-13(2)9-22-25)23-14-5-8-24(11-14)12-16(17,18)19;/h9-10,14H,3-8,11-12H2,1-2H3,(H2,20,21,23);1H. The molecule has 2 rings (SSSR count). The van der Waals surface area contributed by atoms with Crippen molar-refractivity contribution in [1.82, 2.24) is 25.3 Å². The lowest BCUT2D eigenvalue weighted by Crippen LogP contribution is -2.45. The number of halogens is 4. The van der Waals surface area contributed by atoms with E-state index in [9.17, 15) is 13.2 Å². The Morgan fingerprint density at radius 2 is 2.19 bits per heavy atom. The van der Waals surface area contributed by atoms with Gasteiger partial charge in [-0.05, 0) is 32.3 Å². The monoisotopic (exact) mass is 488 g/mol. The number of hydrogen-bond acceptors (Lipinski definition) is 3. The van der Waals surface area contributed by atoms with Crippen LogP contribution in [0.3, 0.4) is 0 Å². The van der Waals surface area contributed by atoms with Crippen molar-refractivity contribution >= 4 is 29.9 Å². The van der Waals surface area contributed by atoms with Gasteiger partial charge in [-0.2, -0.15) is 18.3 Å². The van der Waals surface area contributed by atoms with Crippen LogP contribution < -0.4 is 10.6 Å². The van der Waals surface area contributed by atoms with E-state index in [0.29, 0.717) is 38.6 Å². The van der Waals surface area contributed by atoms with Crippen LogP contribution in [0.15, 0.2) is 17.4 Å². The van der Waals surface area contributed by atoms with Gasteiger partial charge in [-0.1, -0.05) is 0 Å². The molecule has 0 spiro atoms. The van der Waals surface area contributed by atoms with Crippen LogP contribution in [0.4, 0.5) is 13.2 Å². The smallest absolute Gasteiger partial charge is 0.357 e. The molecular formula is C16H28F3IN6. The zero-order valence-electron chi connectivity index (χ0n) is 15.2. The Hall–Kier alpha value is -1.04. The van der Waals surface area contributed by atoms with Crippen LogP contribution in [0.1, 0.15) is 25.3 Å². The van der Waals surface area contributed by atoms with Crippen molar-refractivity contribution in [2.24, 2.45) is 4.99 Å². The molecule has 0 bridgehead atoms. The molecule has 0 aliphatic carbocycles. The molecule has 1 aromatic rings. The zero-order chi connectivity index (χ0) is 18.3. The molecule has 0 radical (unpaired) electrons. The number of hydrogen-bond donors (Lipinski definition) is 2. The molecule has 26 heavy (non-hydrogen) atoms. The Morgan fingerprint density at radius 1 is 1.42 bits per heavy atom. The van der Waals surface area contributed by atoms with E-state index >= 15 is 0 Å². The van der Waals surface area contributed by atoms with Gasteiger partial charge in [0.2, 0.25) is 0 Å². The molecule has 1 saturated heterocycles. The Labute approximate surface area is 169 Å². The van der Waals surface area contributed by atoms with E-state index in [4.69, 9.17) is 0 Å². The highest BCUT2D eigenvalue weighted by atomic mass is 127. The predicted molar refractivity (Wildman–Crippen MR) is 107 cm³/mol. The molecule has 1 fully saturated rings. The molecule has 2 heterocycles. The highest BCUT2D eigenvalue weighted by Gasteiger charge is 2.34.